The van der Waals surface area contributed by atoms with Gasteiger partial charge in [0.15, 0.2) is 11.5 Å². The Morgan fingerprint density at radius 1 is 1.00 bits per heavy atom. The molecule has 0 unspecified atom stereocenters. The van der Waals surface area contributed by atoms with Gasteiger partial charge in [0.2, 0.25) is 5.91 Å². The van der Waals surface area contributed by atoms with Crippen molar-refractivity contribution in [1.82, 2.24) is 0 Å². The maximum absolute atomic E-state index is 12.7. The molecule has 1 amide bonds. The van der Waals surface area contributed by atoms with E-state index in [1.807, 2.05) is 36.6 Å². The van der Waals surface area contributed by atoms with E-state index in [0.717, 1.165) is 22.3 Å². The van der Waals surface area contributed by atoms with Crippen molar-refractivity contribution in [1.29, 1.82) is 0 Å². The van der Waals surface area contributed by atoms with Gasteiger partial charge in [-0.25, -0.2) is 4.79 Å². The van der Waals surface area contributed by atoms with Crippen molar-refractivity contribution in [3.63, 3.8) is 0 Å². The summed E-state index contributed by atoms with van der Waals surface area (Å²) >= 11 is 1.30. The summed E-state index contributed by atoms with van der Waals surface area (Å²) in [6.45, 7) is 1.99. The van der Waals surface area contributed by atoms with Crippen LogP contribution in [0.15, 0.2) is 47.8 Å². The van der Waals surface area contributed by atoms with Gasteiger partial charge in [0.1, 0.15) is 10.6 Å². The van der Waals surface area contributed by atoms with Crippen LogP contribution in [-0.2, 0) is 16.0 Å². The normalized spacial score (nSPS) is 10.4. The van der Waals surface area contributed by atoms with Crippen molar-refractivity contribution in [2.75, 3.05) is 26.6 Å². The molecule has 6 nitrogen and oxygen atoms in total. The second-order valence-corrected chi connectivity index (χ2v) is 7.51. The van der Waals surface area contributed by atoms with Crippen LogP contribution in [0.25, 0.3) is 11.1 Å². The number of esters is 1. The monoisotopic (exact) mass is 425 g/mol. The highest BCUT2D eigenvalue weighted by Gasteiger charge is 2.22. The third-order valence-electron chi connectivity index (χ3n) is 4.58. The fourth-order valence-corrected chi connectivity index (χ4v) is 4.10. The Labute approximate surface area is 179 Å². The second kappa shape index (κ2) is 9.45. The Morgan fingerprint density at radius 3 is 2.43 bits per heavy atom. The van der Waals surface area contributed by atoms with E-state index in [2.05, 4.69) is 5.32 Å². The fourth-order valence-electron chi connectivity index (χ4n) is 3.13. The number of anilines is 1. The number of thiophene rings is 1. The fraction of sp³-hybridized carbons (Fsp3) is 0.217. The van der Waals surface area contributed by atoms with Gasteiger partial charge >= 0.3 is 5.97 Å². The van der Waals surface area contributed by atoms with Crippen LogP contribution >= 0.6 is 11.3 Å². The Bertz CT molecular complexity index is 1070. The van der Waals surface area contributed by atoms with Crippen LogP contribution in [-0.4, -0.2) is 33.2 Å². The zero-order valence-electron chi connectivity index (χ0n) is 17.3. The van der Waals surface area contributed by atoms with Crippen LogP contribution in [0.3, 0.4) is 0 Å². The number of hydrogen-bond acceptors (Lipinski definition) is 6. The molecule has 0 saturated carbocycles. The molecular weight excluding hydrogens is 402 g/mol. The van der Waals surface area contributed by atoms with Crippen LogP contribution in [0.1, 0.15) is 21.5 Å². The maximum Gasteiger partial charge on any atom is 0.341 e. The number of methoxy groups -OCH3 is 3. The van der Waals surface area contributed by atoms with Gasteiger partial charge in [-0.15, -0.1) is 11.3 Å². The third-order valence-corrected chi connectivity index (χ3v) is 5.47. The summed E-state index contributed by atoms with van der Waals surface area (Å²) in [5.41, 5.74) is 3.83. The summed E-state index contributed by atoms with van der Waals surface area (Å²) in [6, 6.07) is 13.1. The van der Waals surface area contributed by atoms with E-state index < -0.39 is 5.97 Å². The standard InChI is InChI=1S/C23H23NO5S/c1-14-6-5-7-16(10-14)17-13-30-22(21(17)23(26)29-4)24-20(25)12-15-8-9-18(27-2)19(11-15)28-3/h5-11,13H,12H2,1-4H3,(H,24,25). The first kappa shape index (κ1) is 21.4. The summed E-state index contributed by atoms with van der Waals surface area (Å²) in [5, 5.41) is 5.17. The summed E-state index contributed by atoms with van der Waals surface area (Å²) in [7, 11) is 4.43. The Hall–Kier alpha value is -3.32. The lowest BCUT2D eigenvalue weighted by Crippen LogP contribution is -2.16. The Kier molecular flexibility index (Phi) is 6.74. The summed E-state index contributed by atoms with van der Waals surface area (Å²) in [6.07, 6.45) is 0.124. The first-order valence-corrected chi connectivity index (χ1v) is 10.1. The van der Waals surface area contributed by atoms with Crippen molar-refractivity contribution >= 4 is 28.2 Å². The molecule has 0 saturated heterocycles. The van der Waals surface area contributed by atoms with E-state index >= 15 is 0 Å². The number of carbonyl (C=O) groups is 2. The van der Waals surface area contributed by atoms with E-state index in [-0.39, 0.29) is 12.3 Å². The zero-order chi connectivity index (χ0) is 21.7. The number of nitrogens with one attached hydrogen (secondary N) is 1. The molecular formula is C23H23NO5S. The van der Waals surface area contributed by atoms with Gasteiger partial charge in [0.25, 0.3) is 0 Å². The SMILES string of the molecule is COC(=O)c1c(-c2cccc(C)c2)csc1NC(=O)Cc1ccc(OC)c(OC)c1. The van der Waals surface area contributed by atoms with Gasteiger partial charge in [-0.1, -0.05) is 35.9 Å². The molecule has 0 fully saturated rings. The number of amides is 1. The van der Waals surface area contributed by atoms with E-state index in [1.165, 1.54) is 18.4 Å². The average Bonchev–Trinajstić information content (AvgIpc) is 3.16. The molecule has 0 radical (unpaired) electrons. The van der Waals surface area contributed by atoms with E-state index in [9.17, 15) is 9.59 Å². The van der Waals surface area contributed by atoms with Gasteiger partial charge in [-0.05, 0) is 30.2 Å². The first-order valence-electron chi connectivity index (χ1n) is 9.24. The van der Waals surface area contributed by atoms with Crippen LogP contribution in [0.4, 0.5) is 5.00 Å². The minimum absolute atomic E-state index is 0.124. The minimum atomic E-state index is -0.492. The highest BCUT2D eigenvalue weighted by Crippen LogP contribution is 2.36. The van der Waals surface area contributed by atoms with E-state index in [4.69, 9.17) is 14.2 Å². The zero-order valence-corrected chi connectivity index (χ0v) is 18.1. The molecule has 0 bridgehead atoms. The van der Waals surface area contributed by atoms with E-state index in [1.54, 1.807) is 32.4 Å². The molecule has 0 atom stereocenters. The summed E-state index contributed by atoms with van der Waals surface area (Å²) in [4.78, 5) is 25.1. The number of hydrogen-bond donors (Lipinski definition) is 1. The van der Waals surface area contributed by atoms with E-state index in [0.29, 0.717) is 22.1 Å². The maximum atomic E-state index is 12.7. The molecule has 156 valence electrons. The highest BCUT2D eigenvalue weighted by molar-refractivity contribution is 7.15. The van der Waals surface area contributed by atoms with Crippen LogP contribution in [0, 0.1) is 6.92 Å². The van der Waals surface area contributed by atoms with Crippen LogP contribution in [0.2, 0.25) is 0 Å². The molecule has 1 N–H and O–H groups in total. The lowest BCUT2D eigenvalue weighted by molar-refractivity contribution is -0.115. The Morgan fingerprint density at radius 2 is 1.77 bits per heavy atom. The topological polar surface area (TPSA) is 73.9 Å². The molecule has 0 aliphatic heterocycles. The molecule has 1 heterocycles. The average molecular weight is 426 g/mol. The van der Waals surface area contributed by atoms with Gasteiger partial charge in [0.05, 0.1) is 27.8 Å². The minimum Gasteiger partial charge on any atom is -0.493 e. The number of aryl methyl sites for hydroxylation is 1. The number of rotatable bonds is 7. The molecule has 0 aliphatic rings. The quantitative estimate of drug-likeness (QED) is 0.555. The molecule has 3 aromatic rings. The van der Waals surface area contributed by atoms with Crippen molar-refractivity contribution in [3.8, 4) is 22.6 Å². The van der Waals surface area contributed by atoms with Crippen LogP contribution < -0.4 is 14.8 Å². The first-order chi connectivity index (χ1) is 14.5. The van der Waals surface area contributed by atoms with Gasteiger partial charge < -0.3 is 19.5 Å². The molecule has 0 aliphatic carbocycles. The molecule has 30 heavy (non-hydrogen) atoms. The molecule has 0 spiro atoms. The van der Waals surface area contributed by atoms with Crippen molar-refractivity contribution < 1.29 is 23.8 Å². The lowest BCUT2D eigenvalue weighted by atomic mass is 10.0. The highest BCUT2D eigenvalue weighted by atomic mass is 32.1. The van der Waals surface area contributed by atoms with Gasteiger partial charge in [0, 0.05) is 10.9 Å². The number of benzene rings is 2. The molecule has 7 heteroatoms. The van der Waals surface area contributed by atoms with Crippen molar-refractivity contribution in [2.24, 2.45) is 0 Å². The number of carbonyl (C=O) groups excluding carboxylic acids is 2. The Balaban J connectivity index is 1.86. The van der Waals surface area contributed by atoms with Gasteiger partial charge in [-0.3, -0.25) is 4.79 Å². The third kappa shape index (κ3) is 4.63. The lowest BCUT2D eigenvalue weighted by Gasteiger charge is -2.10. The molecule has 2 aromatic carbocycles. The van der Waals surface area contributed by atoms with Crippen molar-refractivity contribution in [2.45, 2.75) is 13.3 Å². The van der Waals surface area contributed by atoms with Crippen molar-refractivity contribution in [3.05, 3.63) is 64.5 Å². The summed E-state index contributed by atoms with van der Waals surface area (Å²) < 4.78 is 15.5. The molecule has 3 rings (SSSR count). The van der Waals surface area contributed by atoms with Gasteiger partial charge in [-0.2, -0.15) is 0 Å². The largest absolute Gasteiger partial charge is 0.493 e. The summed E-state index contributed by atoms with van der Waals surface area (Å²) in [5.74, 6) is 0.408. The molecule has 1 aromatic heterocycles. The van der Waals surface area contributed by atoms with Crippen LogP contribution in [0.5, 0.6) is 11.5 Å². The second-order valence-electron chi connectivity index (χ2n) is 6.63. The number of ether oxygens (including phenoxy) is 3. The predicted molar refractivity (Wildman–Crippen MR) is 118 cm³/mol. The smallest absolute Gasteiger partial charge is 0.341 e. The predicted octanol–water partition coefficient (Wildman–Crippen LogP) is 4.71.